The number of carbonyl (C=O) groups is 10. The first-order valence-corrected chi connectivity index (χ1v) is 40.2. The van der Waals surface area contributed by atoms with Gasteiger partial charge in [-0.1, -0.05) is 19.3 Å². The first-order valence-electron chi connectivity index (χ1n) is 40.2. The standard InChI is InChI=1S/C74H133N11O29/c1-46(2)111-51-23-21-50(22-24-51)70(103)80-28-16-12-17-52(71(104)81-27-15-8-11-20-58(94)79-31-34-107-37-40-110-74-63(84-49(5)91)69(102)66(99)55(45-88)114-74)85(41-59(95)75-25-13-6-9-18-56(92)77-29-32-105-35-38-108-72-61(82-47(3)89)67(100)64(97)53(43-86)112-72)42-60(96)76-26-14-7-10-19-57(93)78-30-33-106-36-39-109-73-62(83-48(4)90)68(101)65(98)54(44-87)113-73/h46,50-55,61-69,72-74,86-88,97-102H,6-45H2,1-5H3,(H,75,95)(H,76,96)(H,77,92)(H,78,93)(H,79,94)(H,80,103)(H,81,104)(H,82,89)(H,83,90)(H,84,91). The molecular formula is C74H133N11O29. The highest BCUT2D eigenvalue weighted by Gasteiger charge is 2.48. The fourth-order valence-corrected chi connectivity index (χ4v) is 13.3. The topological polar surface area (TPSA) is 569 Å². The van der Waals surface area contributed by atoms with Crippen LogP contribution in [0.5, 0.6) is 0 Å². The number of ether oxygens (including phenoxy) is 10. The molecule has 1 aliphatic carbocycles. The number of aliphatic hydroxyl groups is 9. The maximum atomic E-state index is 14.4. The Hall–Kier alpha value is -6.10. The summed E-state index contributed by atoms with van der Waals surface area (Å²) in [7, 11) is 0. The molecule has 16 unspecified atom stereocenters. The zero-order chi connectivity index (χ0) is 83.7. The van der Waals surface area contributed by atoms with Gasteiger partial charge >= 0.3 is 0 Å². The summed E-state index contributed by atoms with van der Waals surface area (Å²) in [4.78, 5) is 130. The number of nitrogens with one attached hydrogen (secondary N) is 10. The van der Waals surface area contributed by atoms with E-state index in [4.69, 9.17) is 47.4 Å². The Morgan fingerprint density at radius 2 is 0.719 bits per heavy atom. The average Bonchev–Trinajstić information content (AvgIpc) is 0.817. The van der Waals surface area contributed by atoms with Gasteiger partial charge in [-0.2, -0.15) is 0 Å². The molecule has 0 spiro atoms. The van der Waals surface area contributed by atoms with E-state index in [-0.39, 0.29) is 179 Å². The lowest BCUT2D eigenvalue weighted by atomic mass is 9.86. The van der Waals surface area contributed by atoms with Crippen molar-refractivity contribution >= 4 is 59.1 Å². The number of rotatable bonds is 59. The van der Waals surface area contributed by atoms with Crippen LogP contribution in [-0.2, 0) is 95.3 Å². The van der Waals surface area contributed by atoms with Gasteiger partial charge in [0.05, 0.1) is 111 Å². The molecule has 658 valence electrons. The second-order valence-corrected chi connectivity index (χ2v) is 29.1. The summed E-state index contributed by atoms with van der Waals surface area (Å²) >= 11 is 0. The minimum absolute atomic E-state index is 0.0389. The van der Waals surface area contributed by atoms with Crippen LogP contribution in [-0.4, -0.2) is 358 Å². The molecule has 40 heteroatoms. The maximum absolute atomic E-state index is 14.4. The summed E-state index contributed by atoms with van der Waals surface area (Å²) in [5, 5.41) is 119. The highest BCUT2D eigenvalue weighted by atomic mass is 16.7. The van der Waals surface area contributed by atoms with E-state index in [0.29, 0.717) is 90.0 Å². The number of unbranched alkanes of at least 4 members (excludes halogenated alkanes) is 7. The Bertz CT molecular complexity index is 2690. The summed E-state index contributed by atoms with van der Waals surface area (Å²) in [6, 6.07) is -4.30. The van der Waals surface area contributed by atoms with Crippen LogP contribution in [0.25, 0.3) is 0 Å². The van der Waals surface area contributed by atoms with Crippen molar-refractivity contribution in [2.24, 2.45) is 5.92 Å². The molecular weight excluding hydrogens is 1510 g/mol. The Morgan fingerprint density at radius 1 is 0.386 bits per heavy atom. The Kier molecular flexibility index (Phi) is 50.9. The summed E-state index contributed by atoms with van der Waals surface area (Å²) < 4.78 is 56.2. The molecule has 4 fully saturated rings. The van der Waals surface area contributed by atoms with Crippen molar-refractivity contribution in [1.29, 1.82) is 0 Å². The fraction of sp³-hybridized carbons (Fsp3) is 0.865. The van der Waals surface area contributed by atoms with Gasteiger partial charge in [-0.15, -0.1) is 0 Å². The second-order valence-electron chi connectivity index (χ2n) is 29.1. The second kappa shape index (κ2) is 57.9. The lowest BCUT2D eigenvalue weighted by Gasteiger charge is -2.42. The third-order valence-electron chi connectivity index (χ3n) is 19.3. The van der Waals surface area contributed by atoms with Crippen LogP contribution in [0.2, 0.25) is 0 Å². The minimum atomic E-state index is -1.47. The Balaban J connectivity index is 1.28. The van der Waals surface area contributed by atoms with Gasteiger partial charge in [-0.25, -0.2) is 0 Å². The Morgan fingerprint density at radius 3 is 1.06 bits per heavy atom. The predicted molar refractivity (Wildman–Crippen MR) is 404 cm³/mol. The SMILES string of the molecule is CC(=O)NC1C(OCCOCCNC(=O)CCCCCNC(=O)CN(CC(=O)NCCCCCC(=O)NCCOCCOC2OC(CO)C(O)C(O)C2NC(C)=O)C(CCCCNC(=O)C2CCC(OC(C)C)CC2)C(=O)NCCCCCC(=O)NCCOCCOC2OC(CO)C(O)C(O)C2NC(C)=O)OC(CO)C(O)C1O. The normalized spacial score (nSPS) is 25.9. The molecule has 1 saturated carbocycles. The highest BCUT2D eigenvalue weighted by molar-refractivity contribution is 5.86. The van der Waals surface area contributed by atoms with Crippen molar-refractivity contribution < 1.29 is 141 Å². The van der Waals surface area contributed by atoms with Crippen LogP contribution in [0.3, 0.4) is 0 Å². The number of amides is 10. The van der Waals surface area contributed by atoms with Crippen molar-refractivity contribution in [3.63, 3.8) is 0 Å². The Labute approximate surface area is 667 Å². The number of aliphatic hydroxyl groups excluding tert-OH is 9. The van der Waals surface area contributed by atoms with Crippen LogP contribution in [0.15, 0.2) is 0 Å². The van der Waals surface area contributed by atoms with Gasteiger partial charge < -0.3 is 146 Å². The van der Waals surface area contributed by atoms with Crippen LogP contribution >= 0.6 is 0 Å². The highest BCUT2D eigenvalue weighted by Crippen LogP contribution is 2.29. The summed E-state index contributed by atoms with van der Waals surface area (Å²) in [5.74, 6) is -3.72. The molecule has 4 aliphatic rings. The molecule has 40 nitrogen and oxygen atoms in total. The summed E-state index contributed by atoms with van der Waals surface area (Å²) in [6.45, 7) is 7.15. The first-order chi connectivity index (χ1) is 54.7. The molecule has 114 heavy (non-hydrogen) atoms. The van der Waals surface area contributed by atoms with Crippen LogP contribution in [0.4, 0.5) is 0 Å². The fourth-order valence-electron chi connectivity index (χ4n) is 13.3. The molecule has 4 rings (SSSR count). The van der Waals surface area contributed by atoms with Gasteiger partial charge in [-0.3, -0.25) is 52.8 Å². The van der Waals surface area contributed by atoms with E-state index in [2.05, 4.69) is 53.2 Å². The van der Waals surface area contributed by atoms with Gasteiger partial charge in [-0.05, 0) is 97.3 Å². The molecule has 3 saturated heterocycles. The van der Waals surface area contributed by atoms with E-state index in [9.17, 15) is 93.9 Å². The molecule has 10 amide bonds. The zero-order valence-electron chi connectivity index (χ0n) is 66.9. The van der Waals surface area contributed by atoms with Crippen LogP contribution in [0, 0.1) is 5.92 Å². The first kappa shape index (κ1) is 100. The van der Waals surface area contributed by atoms with E-state index in [1.54, 1.807) is 0 Å². The van der Waals surface area contributed by atoms with Gasteiger partial charge in [0, 0.05) is 91.8 Å². The van der Waals surface area contributed by atoms with Gasteiger partial charge in [0.1, 0.15) is 73.1 Å². The van der Waals surface area contributed by atoms with Crippen LogP contribution in [0.1, 0.15) is 157 Å². The predicted octanol–water partition coefficient (Wildman–Crippen LogP) is -5.76. The average molecular weight is 1640 g/mol. The molecule has 0 radical (unpaired) electrons. The quantitative estimate of drug-likeness (QED) is 0.0252. The third-order valence-corrected chi connectivity index (χ3v) is 19.3. The van der Waals surface area contributed by atoms with Crippen LogP contribution < -0.4 is 53.2 Å². The molecule has 0 aromatic heterocycles. The summed E-state index contributed by atoms with van der Waals surface area (Å²) in [6.07, 6.45) is -6.24. The van der Waals surface area contributed by atoms with E-state index < -0.39 is 153 Å². The zero-order valence-corrected chi connectivity index (χ0v) is 66.9. The monoisotopic (exact) mass is 1640 g/mol. The van der Waals surface area contributed by atoms with Gasteiger partial charge in [0.25, 0.3) is 0 Å². The van der Waals surface area contributed by atoms with Crippen molar-refractivity contribution in [3.05, 3.63) is 0 Å². The molecule has 19 N–H and O–H groups in total. The van der Waals surface area contributed by atoms with E-state index in [0.717, 1.165) is 12.8 Å². The van der Waals surface area contributed by atoms with Crippen molar-refractivity contribution in [3.8, 4) is 0 Å². The molecule has 0 aromatic carbocycles. The summed E-state index contributed by atoms with van der Waals surface area (Å²) in [5.41, 5.74) is 0. The smallest absolute Gasteiger partial charge is 0.237 e. The third kappa shape index (κ3) is 39.9. The number of hydrogen-bond acceptors (Lipinski definition) is 30. The maximum Gasteiger partial charge on any atom is 0.237 e. The number of nitrogens with zero attached hydrogens (tertiary/aromatic N) is 1. The molecule has 16 atom stereocenters. The van der Waals surface area contributed by atoms with Gasteiger partial charge in [0.2, 0.25) is 59.1 Å². The minimum Gasteiger partial charge on any atom is -0.394 e. The van der Waals surface area contributed by atoms with Crippen molar-refractivity contribution in [2.45, 2.75) is 267 Å². The van der Waals surface area contributed by atoms with E-state index in [1.165, 1.54) is 25.7 Å². The van der Waals surface area contributed by atoms with Crippen molar-refractivity contribution in [1.82, 2.24) is 58.1 Å². The van der Waals surface area contributed by atoms with Gasteiger partial charge in [0.15, 0.2) is 18.9 Å². The lowest BCUT2D eigenvalue weighted by Crippen LogP contribution is -2.64. The van der Waals surface area contributed by atoms with E-state index in [1.807, 2.05) is 13.8 Å². The molecule has 0 aromatic rings. The number of carbonyl (C=O) groups excluding carboxylic acids is 10. The number of hydrogen-bond donors (Lipinski definition) is 19. The molecule has 3 aliphatic heterocycles. The molecule has 3 heterocycles. The molecule has 0 bridgehead atoms. The largest absolute Gasteiger partial charge is 0.394 e. The lowest BCUT2D eigenvalue weighted by molar-refractivity contribution is -0.272. The van der Waals surface area contributed by atoms with Crippen molar-refractivity contribution in [2.75, 3.05) is 138 Å². The van der Waals surface area contributed by atoms with E-state index >= 15 is 0 Å².